The number of benzene rings is 1. The number of nitroso groups, excluding NO2 is 1. The van der Waals surface area contributed by atoms with E-state index in [-0.39, 0.29) is 0 Å². The van der Waals surface area contributed by atoms with Crippen molar-refractivity contribution < 1.29 is 5.21 Å². The monoisotopic (exact) mass is 312 g/mol. The average molecular weight is 312 g/mol. The molecule has 0 bridgehead atoms. The summed E-state index contributed by atoms with van der Waals surface area (Å²) in [7, 11) is 0. The zero-order valence-electron chi connectivity index (χ0n) is 12.9. The van der Waals surface area contributed by atoms with Crippen molar-refractivity contribution in [2.24, 2.45) is 5.18 Å². The van der Waals surface area contributed by atoms with Gasteiger partial charge in [-0.05, 0) is 22.9 Å². The van der Waals surface area contributed by atoms with Crippen molar-refractivity contribution in [3.05, 3.63) is 76.7 Å². The molecule has 2 heterocycles. The largest absolute Gasteiger partial charge is 0.351 e. The summed E-state index contributed by atoms with van der Waals surface area (Å²) in [6.45, 7) is 4.24. The molecule has 3 rings (SSSR count). The lowest BCUT2D eigenvalue weighted by molar-refractivity contribution is 0.0104. The van der Waals surface area contributed by atoms with Gasteiger partial charge in [0, 0.05) is 50.7 Å². The van der Waals surface area contributed by atoms with Crippen LogP contribution in [-0.4, -0.2) is 46.2 Å². The van der Waals surface area contributed by atoms with E-state index in [9.17, 15) is 10.1 Å². The Morgan fingerprint density at radius 2 is 1.70 bits per heavy atom. The highest BCUT2D eigenvalue weighted by molar-refractivity contribution is 5.37. The lowest BCUT2D eigenvalue weighted by Gasteiger charge is -2.35. The topological polar surface area (TPSA) is 59.4 Å². The molecule has 2 aliphatic heterocycles. The fraction of sp³-hybridized carbons (Fsp3) is 0.294. The molecule has 2 aliphatic rings. The predicted molar refractivity (Wildman–Crippen MR) is 88.0 cm³/mol. The van der Waals surface area contributed by atoms with Crippen molar-refractivity contribution in [2.75, 3.05) is 26.2 Å². The van der Waals surface area contributed by atoms with Crippen molar-refractivity contribution in [1.82, 2.24) is 14.9 Å². The lowest BCUT2D eigenvalue weighted by Crippen LogP contribution is -2.45. The zero-order valence-corrected chi connectivity index (χ0v) is 12.9. The predicted octanol–water partition coefficient (Wildman–Crippen LogP) is 2.51. The van der Waals surface area contributed by atoms with Gasteiger partial charge in [0.2, 0.25) is 0 Å². The maximum absolute atomic E-state index is 11.3. The van der Waals surface area contributed by atoms with Crippen molar-refractivity contribution in [2.45, 2.75) is 6.54 Å². The number of hydroxylamine groups is 2. The molecular formula is C17H20N4O2. The van der Waals surface area contributed by atoms with Crippen LogP contribution in [0.5, 0.6) is 0 Å². The second kappa shape index (κ2) is 7.21. The van der Waals surface area contributed by atoms with Crippen LogP contribution in [0.3, 0.4) is 0 Å². The van der Waals surface area contributed by atoms with Gasteiger partial charge in [0.05, 0.1) is 0 Å². The molecule has 1 N–H and O–H groups in total. The van der Waals surface area contributed by atoms with Crippen LogP contribution in [0.4, 0.5) is 0 Å². The average Bonchev–Trinajstić information content (AvgIpc) is 2.60. The Morgan fingerprint density at radius 1 is 1.04 bits per heavy atom. The van der Waals surface area contributed by atoms with Gasteiger partial charge in [0.1, 0.15) is 0 Å². The summed E-state index contributed by atoms with van der Waals surface area (Å²) in [6, 6.07) is 10.4. The molecule has 0 saturated carbocycles. The Bertz CT molecular complexity index is 615. The zero-order chi connectivity index (χ0) is 16.1. The number of rotatable bonds is 4. The summed E-state index contributed by atoms with van der Waals surface area (Å²) in [5.41, 5.74) is 2.02. The van der Waals surface area contributed by atoms with Crippen LogP contribution >= 0.6 is 0 Å². The molecular weight excluding hydrogens is 292 g/mol. The van der Waals surface area contributed by atoms with E-state index in [1.165, 1.54) is 18.0 Å². The Balaban J connectivity index is 1.62. The summed E-state index contributed by atoms with van der Waals surface area (Å²) in [4.78, 5) is 15.6. The summed E-state index contributed by atoms with van der Waals surface area (Å²) in [5, 5.41) is 13.4. The van der Waals surface area contributed by atoms with Crippen molar-refractivity contribution in [3.8, 4) is 0 Å². The highest BCUT2D eigenvalue weighted by atomic mass is 16.5. The van der Waals surface area contributed by atoms with Crippen LogP contribution in [0.25, 0.3) is 0 Å². The minimum atomic E-state index is 0.435. The number of allylic oxidation sites excluding steroid dienone is 3. The molecule has 1 aromatic rings. The van der Waals surface area contributed by atoms with Gasteiger partial charge < -0.3 is 4.90 Å². The van der Waals surface area contributed by atoms with Crippen molar-refractivity contribution in [1.29, 1.82) is 0 Å². The first-order valence-electron chi connectivity index (χ1n) is 7.69. The first kappa shape index (κ1) is 15.5. The Hall–Kier alpha value is -2.44. The van der Waals surface area contributed by atoms with E-state index < -0.39 is 0 Å². The molecule has 0 radical (unpaired) electrons. The molecule has 1 fully saturated rings. The SMILES string of the molecule is O=NC(=C1C=CN(O)C=C1)N1CCN(Cc2ccccc2)CC1. The summed E-state index contributed by atoms with van der Waals surface area (Å²) in [5.74, 6) is 0.435. The van der Waals surface area contributed by atoms with Gasteiger partial charge in [-0.2, -0.15) is 0 Å². The Labute approximate surface area is 135 Å². The first-order chi connectivity index (χ1) is 11.3. The molecule has 0 atom stereocenters. The minimum Gasteiger partial charge on any atom is -0.351 e. The van der Waals surface area contributed by atoms with Crippen LogP contribution in [0.2, 0.25) is 0 Å². The van der Waals surface area contributed by atoms with Crippen LogP contribution < -0.4 is 0 Å². The Morgan fingerprint density at radius 3 is 2.30 bits per heavy atom. The maximum Gasteiger partial charge on any atom is 0.180 e. The van der Waals surface area contributed by atoms with Gasteiger partial charge in [-0.1, -0.05) is 30.3 Å². The van der Waals surface area contributed by atoms with E-state index >= 15 is 0 Å². The molecule has 0 amide bonds. The highest BCUT2D eigenvalue weighted by Crippen LogP contribution is 2.20. The van der Waals surface area contributed by atoms with Gasteiger partial charge in [0.15, 0.2) is 5.82 Å². The third-order valence-electron chi connectivity index (χ3n) is 4.08. The number of nitrogens with zero attached hydrogens (tertiary/aromatic N) is 4. The maximum atomic E-state index is 11.3. The van der Waals surface area contributed by atoms with Gasteiger partial charge in [-0.3, -0.25) is 10.1 Å². The molecule has 23 heavy (non-hydrogen) atoms. The fourth-order valence-corrected chi connectivity index (χ4v) is 2.82. The molecule has 0 aromatic heterocycles. The number of hydrogen-bond donors (Lipinski definition) is 1. The quantitative estimate of drug-likeness (QED) is 0.866. The third-order valence-corrected chi connectivity index (χ3v) is 4.08. The smallest absolute Gasteiger partial charge is 0.180 e. The Kier molecular flexibility index (Phi) is 4.85. The summed E-state index contributed by atoms with van der Waals surface area (Å²) < 4.78 is 0. The third kappa shape index (κ3) is 3.85. The van der Waals surface area contributed by atoms with Crippen molar-refractivity contribution >= 4 is 0 Å². The van der Waals surface area contributed by atoms with Gasteiger partial charge in [-0.15, -0.1) is 4.91 Å². The molecule has 0 unspecified atom stereocenters. The number of hydrogen-bond acceptors (Lipinski definition) is 6. The van der Waals surface area contributed by atoms with Crippen LogP contribution in [0, 0.1) is 4.91 Å². The van der Waals surface area contributed by atoms with Gasteiger partial charge in [-0.25, -0.2) is 5.06 Å². The fourth-order valence-electron chi connectivity index (χ4n) is 2.82. The molecule has 1 aromatic carbocycles. The van der Waals surface area contributed by atoms with E-state index in [0.29, 0.717) is 5.82 Å². The molecule has 120 valence electrons. The van der Waals surface area contributed by atoms with Crippen LogP contribution in [-0.2, 0) is 6.54 Å². The van der Waals surface area contributed by atoms with E-state index in [1.54, 1.807) is 12.2 Å². The normalized spacial score (nSPS) is 18.4. The van der Waals surface area contributed by atoms with Crippen LogP contribution in [0.1, 0.15) is 5.56 Å². The second-order valence-corrected chi connectivity index (χ2v) is 5.63. The molecule has 1 saturated heterocycles. The molecule has 0 spiro atoms. The lowest BCUT2D eigenvalue weighted by atomic mass is 10.1. The van der Waals surface area contributed by atoms with E-state index in [4.69, 9.17) is 0 Å². The standard InChI is InChI=1S/C17H20N4O2/c22-18-17(16-6-8-21(23)9-7-16)20-12-10-19(11-13-20)14-15-4-2-1-3-5-15/h1-9,23H,10-14H2. The second-order valence-electron chi connectivity index (χ2n) is 5.63. The first-order valence-corrected chi connectivity index (χ1v) is 7.69. The minimum absolute atomic E-state index is 0.435. The molecule has 0 aliphatic carbocycles. The molecule has 6 nitrogen and oxygen atoms in total. The summed E-state index contributed by atoms with van der Waals surface area (Å²) in [6.07, 6.45) is 6.36. The molecule has 6 heteroatoms. The van der Waals surface area contributed by atoms with Gasteiger partial charge >= 0.3 is 0 Å². The van der Waals surface area contributed by atoms with E-state index in [0.717, 1.165) is 43.4 Å². The summed E-state index contributed by atoms with van der Waals surface area (Å²) >= 11 is 0. The van der Waals surface area contributed by atoms with Crippen LogP contribution in [0.15, 0.2) is 71.5 Å². The number of piperazine rings is 1. The van der Waals surface area contributed by atoms with E-state index in [1.807, 2.05) is 11.0 Å². The van der Waals surface area contributed by atoms with Crippen molar-refractivity contribution in [3.63, 3.8) is 0 Å². The van der Waals surface area contributed by atoms with E-state index in [2.05, 4.69) is 34.3 Å². The van der Waals surface area contributed by atoms with Gasteiger partial charge in [0.25, 0.3) is 0 Å². The highest BCUT2D eigenvalue weighted by Gasteiger charge is 2.21.